The summed E-state index contributed by atoms with van der Waals surface area (Å²) in [6, 6.07) is 22.5. The molecule has 2 fully saturated rings. The van der Waals surface area contributed by atoms with E-state index in [9.17, 15) is 22.8 Å². The first-order valence-corrected chi connectivity index (χ1v) is 16.8. The van der Waals surface area contributed by atoms with Crippen LogP contribution in [0.1, 0.15) is 39.9 Å². The quantitative estimate of drug-likeness (QED) is 0.161. The molecule has 12 heteroatoms. The van der Waals surface area contributed by atoms with Gasteiger partial charge in [-0.1, -0.05) is 102 Å². The van der Waals surface area contributed by atoms with Gasteiger partial charge in [0.25, 0.3) is 15.9 Å². The Balaban J connectivity index is 0.00000109. The van der Waals surface area contributed by atoms with Crippen LogP contribution in [0.2, 0.25) is 0 Å². The molecule has 2 aliphatic heterocycles. The first kappa shape index (κ1) is 34.5. The van der Waals surface area contributed by atoms with E-state index in [0.717, 1.165) is 15.4 Å². The molecule has 0 aliphatic carbocycles. The Kier molecular flexibility index (Phi) is 11.0. The molecular formula is C33H33Cl3N2O6S. The third-order valence-corrected chi connectivity index (χ3v) is 9.99. The summed E-state index contributed by atoms with van der Waals surface area (Å²) in [5.74, 6) is -2.22. The molecule has 1 spiro atoms. The van der Waals surface area contributed by atoms with Gasteiger partial charge in [-0.25, -0.2) is 17.5 Å². The number of alkyl halides is 3. The average molecular weight is 692 g/mol. The lowest BCUT2D eigenvalue weighted by atomic mass is 9.65. The van der Waals surface area contributed by atoms with E-state index in [2.05, 4.69) is 6.58 Å². The maximum atomic E-state index is 14.3. The van der Waals surface area contributed by atoms with Crippen molar-refractivity contribution in [2.75, 3.05) is 20.2 Å². The highest BCUT2D eigenvalue weighted by Gasteiger charge is 2.63. The van der Waals surface area contributed by atoms with Crippen LogP contribution in [0.3, 0.4) is 0 Å². The van der Waals surface area contributed by atoms with Crippen molar-refractivity contribution in [1.82, 2.24) is 9.21 Å². The SMILES string of the molecule is C=C(c1ccc(C(=O)OC)cc1)[C@@H]1CCN(Cc2ccccc2)C(=O)[C@]12CCN(S(=O)(=O)c1ccc(C)cc1)C2=O.ClC(Cl)Cl. The van der Waals surface area contributed by atoms with E-state index in [1.165, 1.54) is 19.2 Å². The second kappa shape index (κ2) is 14.4. The maximum absolute atomic E-state index is 14.3. The molecule has 0 unspecified atom stereocenters. The Morgan fingerprint density at radius 2 is 1.51 bits per heavy atom. The lowest BCUT2D eigenvalue weighted by Gasteiger charge is -2.44. The predicted molar refractivity (Wildman–Crippen MR) is 175 cm³/mol. The van der Waals surface area contributed by atoms with Crippen LogP contribution in [0.5, 0.6) is 0 Å². The molecular weight excluding hydrogens is 659 g/mol. The summed E-state index contributed by atoms with van der Waals surface area (Å²) < 4.78 is 32.2. The van der Waals surface area contributed by atoms with E-state index < -0.39 is 43.4 Å². The molecule has 0 saturated carbocycles. The van der Waals surface area contributed by atoms with Crippen molar-refractivity contribution < 1.29 is 27.5 Å². The molecule has 3 aromatic rings. The zero-order chi connectivity index (χ0) is 32.9. The highest BCUT2D eigenvalue weighted by atomic mass is 35.6. The Hall–Kier alpha value is -3.37. The zero-order valence-corrected chi connectivity index (χ0v) is 27.9. The number of rotatable bonds is 7. The monoisotopic (exact) mass is 690 g/mol. The Bertz CT molecular complexity index is 1660. The Labute approximate surface area is 278 Å². The molecule has 2 atom stereocenters. The van der Waals surface area contributed by atoms with Crippen molar-refractivity contribution in [3.63, 3.8) is 0 Å². The van der Waals surface area contributed by atoms with E-state index >= 15 is 0 Å². The van der Waals surface area contributed by atoms with Gasteiger partial charge in [-0.3, -0.25) is 9.59 Å². The van der Waals surface area contributed by atoms with E-state index in [0.29, 0.717) is 36.2 Å². The van der Waals surface area contributed by atoms with Crippen molar-refractivity contribution in [3.05, 3.63) is 108 Å². The molecule has 3 aromatic carbocycles. The number of carbonyl (C=O) groups is 3. The molecule has 2 heterocycles. The number of piperidine rings is 1. The number of hydrogen-bond acceptors (Lipinski definition) is 6. The molecule has 2 amide bonds. The Morgan fingerprint density at radius 3 is 2.09 bits per heavy atom. The number of amides is 2. The van der Waals surface area contributed by atoms with Crippen molar-refractivity contribution >= 4 is 68.2 Å². The van der Waals surface area contributed by atoms with Gasteiger partial charge in [0.2, 0.25) is 5.91 Å². The summed E-state index contributed by atoms with van der Waals surface area (Å²) >= 11 is 14.4. The van der Waals surface area contributed by atoms with Gasteiger partial charge >= 0.3 is 5.97 Å². The number of hydrogen-bond donors (Lipinski definition) is 0. The molecule has 2 saturated heterocycles. The first-order chi connectivity index (χ1) is 21.3. The topological polar surface area (TPSA) is 101 Å². The smallest absolute Gasteiger partial charge is 0.337 e. The van der Waals surface area contributed by atoms with Gasteiger partial charge in [0.15, 0.2) is 4.30 Å². The molecule has 8 nitrogen and oxygen atoms in total. The number of carbonyl (C=O) groups excluding carboxylic acids is 3. The van der Waals surface area contributed by atoms with Gasteiger partial charge in [-0.15, -0.1) is 0 Å². The molecule has 0 radical (unpaired) electrons. The highest BCUT2D eigenvalue weighted by molar-refractivity contribution is 7.89. The van der Waals surface area contributed by atoms with Crippen LogP contribution in [-0.4, -0.2) is 59.9 Å². The summed E-state index contributed by atoms with van der Waals surface area (Å²) in [5, 5.41) is 0. The molecule has 238 valence electrons. The number of aryl methyl sites for hydroxylation is 1. The highest BCUT2D eigenvalue weighted by Crippen LogP contribution is 2.51. The minimum atomic E-state index is -4.18. The third kappa shape index (κ3) is 7.22. The van der Waals surface area contributed by atoms with E-state index in [1.54, 1.807) is 41.3 Å². The summed E-state index contributed by atoms with van der Waals surface area (Å²) in [7, 11) is -2.88. The lowest BCUT2D eigenvalue weighted by Crippen LogP contribution is -2.57. The maximum Gasteiger partial charge on any atom is 0.337 e. The third-order valence-electron chi connectivity index (χ3n) is 8.19. The fourth-order valence-electron chi connectivity index (χ4n) is 5.93. The summed E-state index contributed by atoms with van der Waals surface area (Å²) in [6.07, 6.45) is 0.477. The molecule has 2 aliphatic rings. The predicted octanol–water partition coefficient (Wildman–Crippen LogP) is 6.44. The minimum Gasteiger partial charge on any atom is -0.465 e. The summed E-state index contributed by atoms with van der Waals surface area (Å²) in [5.41, 5.74) is 1.77. The van der Waals surface area contributed by atoms with Crippen molar-refractivity contribution in [2.24, 2.45) is 11.3 Å². The van der Waals surface area contributed by atoms with E-state index in [4.69, 9.17) is 39.5 Å². The van der Waals surface area contributed by atoms with E-state index in [-0.39, 0.29) is 17.9 Å². The minimum absolute atomic E-state index is 0.00618. The number of likely N-dealkylation sites (tertiary alicyclic amines) is 1. The molecule has 5 rings (SSSR count). The van der Waals surface area contributed by atoms with Crippen LogP contribution in [0.15, 0.2) is 90.3 Å². The van der Waals surface area contributed by atoms with Crippen LogP contribution in [0.4, 0.5) is 0 Å². The second-order valence-corrected chi connectivity index (χ2v) is 14.7. The number of esters is 1. The normalized spacial score (nSPS) is 19.8. The number of halogens is 3. The largest absolute Gasteiger partial charge is 0.465 e. The molecule has 0 bridgehead atoms. The van der Waals surface area contributed by atoms with Gasteiger partial charge in [0, 0.05) is 25.6 Å². The number of benzene rings is 3. The van der Waals surface area contributed by atoms with Crippen LogP contribution in [0.25, 0.3) is 5.57 Å². The number of allylic oxidation sites excluding steroid dienone is 1. The van der Waals surface area contributed by atoms with Crippen molar-refractivity contribution in [2.45, 2.75) is 35.5 Å². The van der Waals surface area contributed by atoms with Gasteiger partial charge in [0.1, 0.15) is 5.41 Å². The summed E-state index contributed by atoms with van der Waals surface area (Å²) in [4.78, 5) is 42.2. The fraction of sp³-hybridized carbons (Fsp3) is 0.303. The van der Waals surface area contributed by atoms with Crippen molar-refractivity contribution in [3.8, 4) is 0 Å². The fourth-order valence-corrected chi connectivity index (χ4v) is 7.37. The Morgan fingerprint density at radius 1 is 0.933 bits per heavy atom. The average Bonchev–Trinajstić information content (AvgIpc) is 3.37. The number of sulfonamides is 1. The van der Waals surface area contributed by atoms with Gasteiger partial charge in [-0.05, 0) is 60.7 Å². The van der Waals surface area contributed by atoms with Gasteiger partial charge < -0.3 is 9.64 Å². The van der Waals surface area contributed by atoms with Crippen LogP contribution >= 0.6 is 34.8 Å². The lowest BCUT2D eigenvalue weighted by molar-refractivity contribution is -0.157. The van der Waals surface area contributed by atoms with E-state index in [1.807, 2.05) is 37.3 Å². The van der Waals surface area contributed by atoms with Crippen LogP contribution in [-0.2, 0) is 30.9 Å². The standard InChI is InChI=1S/C32H32N2O6S.CHCl3/c1-22-9-15-27(16-10-22)41(38,39)34-20-18-32(31(34)37)28(23(2)25-11-13-26(14-12-25)29(35)40-3)17-19-33(30(32)36)21-24-7-5-4-6-8-24;2-1(3)4/h4-16,28H,2,17-21H2,1,3H3;1H/t28-,32-;/m0./s1. The van der Waals surface area contributed by atoms with Crippen LogP contribution < -0.4 is 0 Å². The number of methoxy groups -OCH3 is 1. The molecule has 0 aromatic heterocycles. The van der Waals surface area contributed by atoms with Crippen molar-refractivity contribution in [1.29, 1.82) is 0 Å². The number of nitrogens with zero attached hydrogens (tertiary/aromatic N) is 2. The first-order valence-electron chi connectivity index (χ1n) is 14.1. The van der Waals surface area contributed by atoms with Gasteiger partial charge in [-0.2, -0.15) is 0 Å². The number of ether oxygens (including phenoxy) is 1. The zero-order valence-electron chi connectivity index (χ0n) is 24.8. The second-order valence-electron chi connectivity index (χ2n) is 10.8. The van der Waals surface area contributed by atoms with Gasteiger partial charge in [0.05, 0.1) is 17.6 Å². The van der Waals surface area contributed by atoms with Crippen LogP contribution in [0, 0.1) is 18.3 Å². The molecule has 45 heavy (non-hydrogen) atoms. The summed E-state index contributed by atoms with van der Waals surface area (Å²) in [6.45, 7) is 6.73. The molecule has 0 N–H and O–H groups in total.